The molecule has 20 heavy (non-hydrogen) atoms. The number of anilines is 1. The fourth-order valence-electron chi connectivity index (χ4n) is 1.94. The smallest absolute Gasteiger partial charge is 0.253 e. The first-order valence-corrected chi connectivity index (χ1v) is 6.99. The summed E-state index contributed by atoms with van der Waals surface area (Å²) < 4.78 is 0. The van der Waals surface area contributed by atoms with Gasteiger partial charge < -0.3 is 15.5 Å². The molecule has 1 heterocycles. The summed E-state index contributed by atoms with van der Waals surface area (Å²) in [6, 6.07) is 3.49. The van der Waals surface area contributed by atoms with Crippen molar-refractivity contribution in [3.8, 4) is 0 Å². The van der Waals surface area contributed by atoms with Gasteiger partial charge in [-0.25, -0.2) is 4.98 Å². The first-order chi connectivity index (χ1) is 9.31. The lowest BCUT2D eigenvalue weighted by Crippen LogP contribution is -2.30. The van der Waals surface area contributed by atoms with Crippen molar-refractivity contribution >= 4 is 11.7 Å². The third kappa shape index (κ3) is 4.81. The van der Waals surface area contributed by atoms with Crippen molar-refractivity contribution in [2.75, 3.05) is 40.0 Å². The molecule has 1 aromatic rings. The van der Waals surface area contributed by atoms with Gasteiger partial charge in [-0.05, 0) is 45.1 Å². The minimum absolute atomic E-state index is 0.000226. The van der Waals surface area contributed by atoms with Gasteiger partial charge in [-0.3, -0.25) is 4.79 Å². The van der Waals surface area contributed by atoms with Crippen LogP contribution in [0.2, 0.25) is 0 Å². The van der Waals surface area contributed by atoms with E-state index in [-0.39, 0.29) is 11.8 Å². The minimum atomic E-state index is -0.000226. The first-order valence-electron chi connectivity index (χ1n) is 6.99. The zero-order valence-corrected chi connectivity index (χ0v) is 13.2. The van der Waals surface area contributed by atoms with Crippen LogP contribution in [0.15, 0.2) is 12.1 Å². The van der Waals surface area contributed by atoms with E-state index in [1.165, 1.54) is 0 Å². The zero-order valence-electron chi connectivity index (χ0n) is 13.2. The molecule has 0 saturated carbocycles. The molecule has 5 heteroatoms. The number of carbonyl (C=O) groups excluding carboxylic acids is 1. The average Bonchev–Trinajstić information content (AvgIpc) is 2.36. The Labute approximate surface area is 121 Å². The Morgan fingerprint density at radius 2 is 1.90 bits per heavy atom. The Kier molecular flexibility index (Phi) is 5.95. The molecule has 0 aliphatic rings. The van der Waals surface area contributed by atoms with E-state index < -0.39 is 0 Å². The molecule has 1 aromatic heterocycles. The van der Waals surface area contributed by atoms with Crippen molar-refractivity contribution in [1.82, 2.24) is 14.8 Å². The fraction of sp³-hybridized carbons (Fsp3) is 0.600. The number of hydrogen-bond donors (Lipinski definition) is 1. The number of pyridine rings is 1. The number of hydrogen-bond acceptors (Lipinski definition) is 4. The van der Waals surface area contributed by atoms with Gasteiger partial charge in [-0.2, -0.15) is 0 Å². The number of nitrogens with zero attached hydrogens (tertiary/aromatic N) is 3. The van der Waals surface area contributed by atoms with Crippen LogP contribution in [0.5, 0.6) is 0 Å². The van der Waals surface area contributed by atoms with Crippen LogP contribution in [0.1, 0.15) is 42.2 Å². The average molecular weight is 278 g/mol. The van der Waals surface area contributed by atoms with Crippen LogP contribution in [0, 0.1) is 0 Å². The van der Waals surface area contributed by atoms with E-state index in [0.29, 0.717) is 11.4 Å². The van der Waals surface area contributed by atoms with Crippen molar-refractivity contribution in [2.24, 2.45) is 0 Å². The molecule has 1 amide bonds. The molecule has 2 N–H and O–H groups in total. The predicted molar refractivity (Wildman–Crippen MR) is 82.9 cm³/mol. The van der Waals surface area contributed by atoms with E-state index in [1.807, 2.05) is 41.1 Å². The Morgan fingerprint density at radius 1 is 1.25 bits per heavy atom. The second kappa shape index (κ2) is 7.24. The molecular formula is C15H26N4O. The second-order valence-corrected chi connectivity index (χ2v) is 5.74. The quantitative estimate of drug-likeness (QED) is 0.862. The van der Waals surface area contributed by atoms with Gasteiger partial charge in [-0.1, -0.05) is 13.8 Å². The summed E-state index contributed by atoms with van der Waals surface area (Å²) in [4.78, 5) is 20.5. The van der Waals surface area contributed by atoms with E-state index in [9.17, 15) is 4.79 Å². The minimum Gasteiger partial charge on any atom is -0.384 e. The molecule has 0 bridgehead atoms. The topological polar surface area (TPSA) is 62.5 Å². The van der Waals surface area contributed by atoms with Crippen molar-refractivity contribution < 1.29 is 4.79 Å². The maximum Gasteiger partial charge on any atom is 0.253 e. The van der Waals surface area contributed by atoms with Gasteiger partial charge in [0.25, 0.3) is 5.91 Å². The van der Waals surface area contributed by atoms with E-state index in [0.717, 1.165) is 25.2 Å². The molecule has 0 aliphatic heterocycles. The first kappa shape index (κ1) is 16.4. The highest BCUT2D eigenvalue weighted by Gasteiger charge is 2.14. The molecule has 0 aliphatic carbocycles. The van der Waals surface area contributed by atoms with Crippen molar-refractivity contribution in [3.63, 3.8) is 0 Å². The molecule has 112 valence electrons. The van der Waals surface area contributed by atoms with Crippen LogP contribution in [-0.2, 0) is 0 Å². The molecule has 0 radical (unpaired) electrons. The summed E-state index contributed by atoms with van der Waals surface area (Å²) in [6.45, 7) is 5.78. The maximum absolute atomic E-state index is 12.4. The highest BCUT2D eigenvalue weighted by atomic mass is 16.2. The third-order valence-electron chi connectivity index (χ3n) is 3.15. The molecule has 0 unspecified atom stereocenters. The number of nitrogens with two attached hydrogens (primary N) is 1. The number of carbonyl (C=O) groups is 1. The number of rotatable bonds is 6. The molecule has 1 rings (SSSR count). The summed E-state index contributed by atoms with van der Waals surface area (Å²) in [6.07, 6.45) is 0.951. The van der Waals surface area contributed by atoms with Crippen LogP contribution >= 0.6 is 0 Å². The van der Waals surface area contributed by atoms with Crippen LogP contribution in [0.3, 0.4) is 0 Å². The fourth-order valence-corrected chi connectivity index (χ4v) is 1.94. The normalized spacial score (nSPS) is 11.2. The van der Waals surface area contributed by atoms with E-state index in [4.69, 9.17) is 5.73 Å². The Balaban J connectivity index is 2.75. The van der Waals surface area contributed by atoms with Crippen LogP contribution in [0.4, 0.5) is 5.82 Å². The van der Waals surface area contributed by atoms with Crippen LogP contribution in [0.25, 0.3) is 0 Å². The summed E-state index contributed by atoms with van der Waals surface area (Å²) in [7, 11) is 5.88. The number of nitrogen functional groups attached to an aromatic ring is 1. The van der Waals surface area contributed by atoms with Gasteiger partial charge >= 0.3 is 0 Å². The lowest BCUT2D eigenvalue weighted by Gasteiger charge is -2.19. The van der Waals surface area contributed by atoms with Crippen molar-refractivity contribution in [1.29, 1.82) is 0 Å². The summed E-state index contributed by atoms with van der Waals surface area (Å²) >= 11 is 0. The van der Waals surface area contributed by atoms with Crippen molar-refractivity contribution in [3.05, 3.63) is 23.4 Å². The molecular weight excluding hydrogens is 252 g/mol. The molecule has 0 spiro atoms. The van der Waals surface area contributed by atoms with E-state index in [1.54, 1.807) is 11.0 Å². The maximum atomic E-state index is 12.4. The van der Waals surface area contributed by atoms with Gasteiger partial charge in [0.1, 0.15) is 5.82 Å². The summed E-state index contributed by atoms with van der Waals surface area (Å²) in [5, 5.41) is 0. The van der Waals surface area contributed by atoms with Gasteiger partial charge in [0.15, 0.2) is 0 Å². The van der Waals surface area contributed by atoms with Gasteiger partial charge in [-0.15, -0.1) is 0 Å². The molecule has 0 atom stereocenters. The third-order valence-corrected chi connectivity index (χ3v) is 3.15. The van der Waals surface area contributed by atoms with Crippen LogP contribution in [-0.4, -0.2) is 54.9 Å². The Hall–Kier alpha value is -1.62. The second-order valence-electron chi connectivity index (χ2n) is 5.74. The Morgan fingerprint density at radius 3 is 2.45 bits per heavy atom. The lowest BCUT2D eigenvalue weighted by atomic mass is 10.1. The Bertz CT molecular complexity index is 457. The standard InChI is InChI=1S/C15H26N4O/c1-11(2)13-9-12(10-14(16)17-13)15(20)19(5)8-6-7-18(3)4/h9-11H,6-8H2,1-5H3,(H2,16,17). The highest BCUT2D eigenvalue weighted by Crippen LogP contribution is 2.17. The van der Waals surface area contributed by atoms with Crippen molar-refractivity contribution in [2.45, 2.75) is 26.2 Å². The zero-order chi connectivity index (χ0) is 15.3. The number of amides is 1. The summed E-state index contributed by atoms with van der Waals surface area (Å²) in [5.41, 5.74) is 7.26. The highest BCUT2D eigenvalue weighted by molar-refractivity contribution is 5.94. The largest absolute Gasteiger partial charge is 0.384 e. The molecule has 0 aromatic carbocycles. The van der Waals surface area contributed by atoms with Gasteiger partial charge in [0.2, 0.25) is 0 Å². The van der Waals surface area contributed by atoms with Crippen LogP contribution < -0.4 is 5.73 Å². The molecule has 0 fully saturated rings. The van der Waals surface area contributed by atoms with Gasteiger partial charge in [0, 0.05) is 24.8 Å². The monoisotopic (exact) mass is 278 g/mol. The lowest BCUT2D eigenvalue weighted by molar-refractivity contribution is 0.0790. The molecule has 5 nitrogen and oxygen atoms in total. The number of aromatic nitrogens is 1. The van der Waals surface area contributed by atoms with E-state index in [2.05, 4.69) is 9.88 Å². The molecule has 0 saturated heterocycles. The predicted octanol–water partition coefficient (Wildman–Crippen LogP) is 1.81. The van der Waals surface area contributed by atoms with E-state index >= 15 is 0 Å². The van der Waals surface area contributed by atoms with Gasteiger partial charge in [0.05, 0.1) is 0 Å². The summed E-state index contributed by atoms with van der Waals surface area (Å²) in [5.74, 6) is 0.657. The SMILES string of the molecule is CC(C)c1cc(C(=O)N(C)CCCN(C)C)cc(N)n1.